The Morgan fingerprint density at radius 2 is 2.15 bits per heavy atom. The Morgan fingerprint density at radius 3 is 2.75 bits per heavy atom. The Balaban J connectivity index is 1.69. The van der Waals surface area contributed by atoms with Gasteiger partial charge in [-0.15, -0.1) is 0 Å². The van der Waals surface area contributed by atoms with Crippen LogP contribution in [0.2, 0.25) is 0 Å². The van der Waals surface area contributed by atoms with Crippen LogP contribution in [-0.4, -0.2) is 34.9 Å². The molecule has 0 aromatic carbocycles. The van der Waals surface area contributed by atoms with Crippen molar-refractivity contribution in [3.8, 4) is 0 Å². The van der Waals surface area contributed by atoms with Gasteiger partial charge in [-0.25, -0.2) is 4.68 Å². The third kappa shape index (κ3) is 2.24. The van der Waals surface area contributed by atoms with Gasteiger partial charge in [0.1, 0.15) is 5.69 Å². The van der Waals surface area contributed by atoms with Crippen LogP contribution in [0.15, 0.2) is 16.9 Å². The molecule has 1 aliphatic heterocycles. The van der Waals surface area contributed by atoms with Gasteiger partial charge in [-0.05, 0) is 37.2 Å². The van der Waals surface area contributed by atoms with Crippen molar-refractivity contribution in [2.24, 2.45) is 12.5 Å². The number of carbonyl (C=O) groups is 1. The number of nitrogens with one attached hydrogen (secondary N) is 1. The standard InChI is InChI=1S/C14H19N3O3/c1-17-12(18)3-2-10(16-17)13(19)15-11-4-5-14(11)6-8-20-9-7-14/h2-3,11H,4-9H2,1H3,(H,15,19). The average molecular weight is 277 g/mol. The van der Waals surface area contributed by atoms with Gasteiger partial charge in [-0.1, -0.05) is 0 Å². The summed E-state index contributed by atoms with van der Waals surface area (Å²) in [6.07, 6.45) is 4.19. The third-order valence-corrected chi connectivity index (χ3v) is 4.66. The Hall–Kier alpha value is -1.69. The summed E-state index contributed by atoms with van der Waals surface area (Å²) in [5, 5.41) is 7.05. The predicted octanol–water partition coefficient (Wildman–Crippen LogP) is 0.469. The summed E-state index contributed by atoms with van der Waals surface area (Å²) in [5.74, 6) is -0.198. The van der Waals surface area contributed by atoms with Gasteiger partial charge in [0.15, 0.2) is 0 Å². The number of carbonyl (C=O) groups excluding carboxylic acids is 1. The molecule has 6 heteroatoms. The van der Waals surface area contributed by atoms with Crippen LogP contribution in [0.3, 0.4) is 0 Å². The topological polar surface area (TPSA) is 73.2 Å². The second-order valence-electron chi connectivity index (χ2n) is 5.72. The fraction of sp³-hybridized carbons (Fsp3) is 0.643. The second kappa shape index (κ2) is 5.01. The van der Waals surface area contributed by atoms with E-state index in [1.807, 2.05) is 0 Å². The van der Waals surface area contributed by atoms with Crippen LogP contribution in [0.5, 0.6) is 0 Å². The lowest BCUT2D eigenvalue weighted by Crippen LogP contribution is -2.57. The highest BCUT2D eigenvalue weighted by Crippen LogP contribution is 2.48. The summed E-state index contributed by atoms with van der Waals surface area (Å²) in [6.45, 7) is 1.56. The number of ether oxygens (including phenoxy) is 1. The molecule has 2 aliphatic rings. The number of aryl methyl sites for hydroxylation is 1. The molecule has 6 nitrogen and oxygen atoms in total. The number of hydrogen-bond donors (Lipinski definition) is 1. The summed E-state index contributed by atoms with van der Waals surface area (Å²) >= 11 is 0. The SMILES string of the molecule is Cn1nc(C(=O)NC2CCC23CCOCC3)ccc1=O. The van der Waals surface area contributed by atoms with Gasteiger partial charge in [-0.3, -0.25) is 9.59 Å². The van der Waals surface area contributed by atoms with Crippen molar-refractivity contribution in [2.75, 3.05) is 13.2 Å². The van der Waals surface area contributed by atoms with Gasteiger partial charge >= 0.3 is 0 Å². The molecule has 0 bridgehead atoms. The smallest absolute Gasteiger partial charge is 0.271 e. The first-order valence-electron chi connectivity index (χ1n) is 7.04. The maximum atomic E-state index is 12.2. The monoisotopic (exact) mass is 277 g/mol. The lowest BCUT2D eigenvalue weighted by Gasteiger charge is -2.52. The van der Waals surface area contributed by atoms with E-state index in [9.17, 15) is 9.59 Å². The summed E-state index contributed by atoms with van der Waals surface area (Å²) < 4.78 is 6.58. The fourth-order valence-electron chi connectivity index (χ4n) is 3.15. The first kappa shape index (κ1) is 13.3. The molecule has 20 heavy (non-hydrogen) atoms. The van der Waals surface area contributed by atoms with E-state index < -0.39 is 0 Å². The summed E-state index contributed by atoms with van der Waals surface area (Å²) in [5.41, 5.74) is 0.293. The minimum atomic E-state index is -0.217. The molecular formula is C14H19N3O3. The molecule has 2 fully saturated rings. The molecule has 1 atom stereocenters. The first-order valence-corrected chi connectivity index (χ1v) is 7.04. The highest BCUT2D eigenvalue weighted by Gasteiger charge is 2.48. The minimum Gasteiger partial charge on any atom is -0.381 e. The first-order chi connectivity index (χ1) is 9.61. The van der Waals surface area contributed by atoms with Gasteiger partial charge in [0, 0.05) is 32.4 Å². The van der Waals surface area contributed by atoms with Crippen molar-refractivity contribution in [1.29, 1.82) is 0 Å². The van der Waals surface area contributed by atoms with Crippen molar-refractivity contribution < 1.29 is 9.53 Å². The molecule has 2 heterocycles. The van der Waals surface area contributed by atoms with E-state index >= 15 is 0 Å². The normalized spacial score (nSPS) is 24.1. The number of aromatic nitrogens is 2. The van der Waals surface area contributed by atoms with Gasteiger partial charge in [-0.2, -0.15) is 5.10 Å². The summed E-state index contributed by atoms with van der Waals surface area (Å²) in [7, 11) is 1.54. The zero-order valence-corrected chi connectivity index (χ0v) is 11.6. The molecule has 1 amide bonds. The van der Waals surface area contributed by atoms with Crippen LogP contribution >= 0.6 is 0 Å². The van der Waals surface area contributed by atoms with E-state index in [0.717, 1.165) is 38.9 Å². The molecule has 1 N–H and O–H groups in total. The molecule has 1 saturated carbocycles. The second-order valence-corrected chi connectivity index (χ2v) is 5.72. The van der Waals surface area contributed by atoms with Crippen molar-refractivity contribution >= 4 is 5.91 Å². The molecule has 1 saturated heterocycles. The Labute approximate surface area is 117 Å². The quantitative estimate of drug-likeness (QED) is 0.853. The number of amides is 1. The molecule has 1 aliphatic carbocycles. The van der Waals surface area contributed by atoms with Gasteiger partial charge in [0.2, 0.25) is 0 Å². The Kier molecular flexibility index (Phi) is 3.33. The van der Waals surface area contributed by atoms with Crippen LogP contribution in [0.4, 0.5) is 0 Å². The van der Waals surface area contributed by atoms with Crippen LogP contribution in [0.25, 0.3) is 0 Å². The maximum Gasteiger partial charge on any atom is 0.271 e. The largest absolute Gasteiger partial charge is 0.381 e. The summed E-state index contributed by atoms with van der Waals surface area (Å²) in [4.78, 5) is 23.5. The fourth-order valence-corrected chi connectivity index (χ4v) is 3.15. The van der Waals surface area contributed by atoms with E-state index in [-0.39, 0.29) is 22.9 Å². The van der Waals surface area contributed by atoms with Gasteiger partial charge < -0.3 is 10.1 Å². The Bertz CT molecular complexity index is 575. The molecule has 1 aromatic heterocycles. The molecule has 1 spiro atoms. The molecule has 0 radical (unpaired) electrons. The van der Waals surface area contributed by atoms with Crippen molar-refractivity contribution in [1.82, 2.24) is 15.1 Å². The summed E-state index contributed by atoms with van der Waals surface area (Å²) in [6, 6.07) is 3.05. The van der Waals surface area contributed by atoms with E-state index in [2.05, 4.69) is 10.4 Å². The molecular weight excluding hydrogens is 258 g/mol. The minimum absolute atomic E-state index is 0.198. The molecule has 108 valence electrons. The average Bonchev–Trinajstić information content (AvgIpc) is 2.47. The van der Waals surface area contributed by atoms with Gasteiger partial charge in [0.25, 0.3) is 11.5 Å². The van der Waals surface area contributed by atoms with Crippen molar-refractivity contribution in [3.05, 3.63) is 28.2 Å². The van der Waals surface area contributed by atoms with Crippen LogP contribution in [0.1, 0.15) is 36.2 Å². The van der Waals surface area contributed by atoms with Crippen molar-refractivity contribution in [3.63, 3.8) is 0 Å². The lowest BCUT2D eigenvalue weighted by molar-refractivity contribution is -0.0523. The lowest BCUT2D eigenvalue weighted by atomic mass is 9.60. The van der Waals surface area contributed by atoms with Crippen LogP contribution in [-0.2, 0) is 11.8 Å². The van der Waals surface area contributed by atoms with E-state index in [1.165, 1.54) is 16.8 Å². The molecule has 3 rings (SSSR count). The third-order valence-electron chi connectivity index (χ3n) is 4.66. The zero-order chi connectivity index (χ0) is 14.2. The van der Waals surface area contributed by atoms with Crippen molar-refractivity contribution in [2.45, 2.75) is 31.7 Å². The number of hydrogen-bond acceptors (Lipinski definition) is 4. The maximum absolute atomic E-state index is 12.2. The predicted molar refractivity (Wildman–Crippen MR) is 72.5 cm³/mol. The van der Waals surface area contributed by atoms with E-state index in [0.29, 0.717) is 5.69 Å². The number of rotatable bonds is 2. The highest BCUT2D eigenvalue weighted by atomic mass is 16.5. The zero-order valence-electron chi connectivity index (χ0n) is 11.6. The van der Waals surface area contributed by atoms with E-state index in [4.69, 9.17) is 4.74 Å². The molecule has 1 aromatic rings. The molecule has 1 unspecified atom stereocenters. The Morgan fingerprint density at radius 1 is 1.40 bits per heavy atom. The van der Waals surface area contributed by atoms with Crippen LogP contribution < -0.4 is 10.9 Å². The highest BCUT2D eigenvalue weighted by molar-refractivity contribution is 5.92. The number of nitrogens with zero attached hydrogens (tertiary/aromatic N) is 2. The van der Waals surface area contributed by atoms with E-state index in [1.54, 1.807) is 7.05 Å². The van der Waals surface area contributed by atoms with Crippen LogP contribution in [0, 0.1) is 5.41 Å². The van der Waals surface area contributed by atoms with Gasteiger partial charge in [0.05, 0.1) is 0 Å².